The minimum absolute atomic E-state index is 0.481. The van der Waals surface area contributed by atoms with Gasteiger partial charge >= 0.3 is 0 Å². The van der Waals surface area contributed by atoms with E-state index in [1.807, 2.05) is 39.2 Å². The van der Waals surface area contributed by atoms with Crippen LogP contribution in [0.25, 0.3) is 0 Å². The largest absolute Gasteiger partial charge is 0.382 e. The van der Waals surface area contributed by atoms with Gasteiger partial charge in [0, 0.05) is 16.6 Å². The smallest absolute Gasteiger partial charge is 0.123 e. The van der Waals surface area contributed by atoms with Gasteiger partial charge < -0.3 is 10.0 Å². The van der Waals surface area contributed by atoms with E-state index in [1.54, 1.807) is 10.9 Å². The Morgan fingerprint density at radius 1 is 1.43 bits per heavy atom. The van der Waals surface area contributed by atoms with Crippen LogP contribution in [0.2, 0.25) is 5.02 Å². The molecule has 0 radical (unpaired) electrons. The Bertz CT molecular complexity index is 627. The molecule has 114 valence electrons. The van der Waals surface area contributed by atoms with Gasteiger partial charge in [-0.3, -0.25) is 4.68 Å². The molecule has 1 unspecified atom stereocenters. The van der Waals surface area contributed by atoms with Crippen molar-refractivity contribution in [2.24, 2.45) is 0 Å². The van der Waals surface area contributed by atoms with Crippen LogP contribution in [-0.4, -0.2) is 40.4 Å². The molecular weight excluding hydrogens is 354 g/mol. The molecule has 0 saturated heterocycles. The number of rotatable bonds is 5. The molecule has 0 bridgehead atoms. The first-order chi connectivity index (χ1) is 9.90. The molecule has 0 saturated carbocycles. The first-order valence-electron chi connectivity index (χ1n) is 6.70. The van der Waals surface area contributed by atoms with Crippen LogP contribution in [0.5, 0.6) is 0 Å². The second kappa shape index (κ2) is 6.92. The summed E-state index contributed by atoms with van der Waals surface area (Å²) in [7, 11) is 4.00. The average molecular weight is 373 g/mol. The number of aliphatic hydroxyl groups is 1. The van der Waals surface area contributed by atoms with Crippen LogP contribution >= 0.6 is 27.5 Å². The maximum atomic E-state index is 10.7. The topological polar surface area (TPSA) is 41.3 Å². The molecule has 0 aliphatic heterocycles. The van der Waals surface area contributed by atoms with Gasteiger partial charge in [-0.1, -0.05) is 45.2 Å². The molecule has 0 fully saturated rings. The van der Waals surface area contributed by atoms with Gasteiger partial charge in [-0.15, -0.1) is 0 Å². The van der Waals surface area contributed by atoms with E-state index < -0.39 is 6.10 Å². The molecule has 1 heterocycles. The lowest BCUT2D eigenvalue weighted by molar-refractivity contribution is 0.205. The van der Waals surface area contributed by atoms with Crippen LogP contribution in [0.4, 0.5) is 0 Å². The summed E-state index contributed by atoms with van der Waals surface area (Å²) in [6, 6.07) is 5.88. The molecule has 1 atom stereocenters. The quantitative estimate of drug-likeness (QED) is 0.876. The number of aromatic nitrogens is 2. The first-order valence-corrected chi connectivity index (χ1v) is 7.87. The fourth-order valence-electron chi connectivity index (χ4n) is 2.14. The van der Waals surface area contributed by atoms with E-state index in [0.29, 0.717) is 17.3 Å². The highest BCUT2D eigenvalue weighted by atomic mass is 79.9. The Morgan fingerprint density at radius 3 is 2.81 bits per heavy atom. The Labute approximate surface area is 138 Å². The van der Waals surface area contributed by atoms with E-state index in [-0.39, 0.29) is 0 Å². The van der Waals surface area contributed by atoms with E-state index in [2.05, 4.69) is 25.9 Å². The van der Waals surface area contributed by atoms with Gasteiger partial charge in [-0.2, -0.15) is 5.10 Å². The SMILES string of the molecule is Cc1ccc(Br)c(C(O)c2c(Cl)cnn2CCN(C)C)c1. The lowest BCUT2D eigenvalue weighted by atomic mass is 10.0. The highest BCUT2D eigenvalue weighted by Gasteiger charge is 2.22. The molecule has 0 amide bonds. The second-order valence-corrected chi connectivity index (χ2v) is 6.59. The molecule has 2 aromatic rings. The van der Waals surface area contributed by atoms with Crippen molar-refractivity contribution in [2.45, 2.75) is 19.6 Å². The summed E-state index contributed by atoms with van der Waals surface area (Å²) in [4.78, 5) is 2.06. The van der Waals surface area contributed by atoms with Crippen LogP contribution in [0.15, 0.2) is 28.9 Å². The van der Waals surface area contributed by atoms with Gasteiger partial charge in [0.25, 0.3) is 0 Å². The van der Waals surface area contributed by atoms with Crippen LogP contribution in [0.1, 0.15) is 22.9 Å². The van der Waals surface area contributed by atoms with Crippen molar-refractivity contribution in [1.29, 1.82) is 0 Å². The number of nitrogens with zero attached hydrogens (tertiary/aromatic N) is 3. The van der Waals surface area contributed by atoms with E-state index in [4.69, 9.17) is 11.6 Å². The Hall–Kier alpha value is -0.880. The summed E-state index contributed by atoms with van der Waals surface area (Å²) in [5.41, 5.74) is 2.51. The monoisotopic (exact) mass is 371 g/mol. The molecule has 1 N–H and O–H groups in total. The van der Waals surface area contributed by atoms with Crippen molar-refractivity contribution < 1.29 is 5.11 Å². The normalized spacial score (nSPS) is 12.9. The third-order valence-electron chi connectivity index (χ3n) is 3.30. The highest BCUT2D eigenvalue weighted by molar-refractivity contribution is 9.10. The van der Waals surface area contributed by atoms with E-state index >= 15 is 0 Å². The van der Waals surface area contributed by atoms with Crippen LogP contribution < -0.4 is 0 Å². The molecule has 6 heteroatoms. The first kappa shape index (κ1) is 16.5. The lowest BCUT2D eigenvalue weighted by Crippen LogP contribution is -2.21. The van der Waals surface area contributed by atoms with Crippen molar-refractivity contribution in [3.8, 4) is 0 Å². The number of likely N-dealkylation sites (N-methyl/N-ethyl adjacent to an activating group) is 1. The molecule has 2 rings (SSSR count). The summed E-state index contributed by atoms with van der Waals surface area (Å²) >= 11 is 9.71. The number of halogens is 2. The number of aliphatic hydroxyl groups excluding tert-OH is 1. The van der Waals surface area contributed by atoms with E-state index in [0.717, 1.165) is 22.1 Å². The summed E-state index contributed by atoms with van der Waals surface area (Å²) in [6.45, 7) is 3.50. The summed E-state index contributed by atoms with van der Waals surface area (Å²) in [6.07, 6.45) is 0.774. The minimum Gasteiger partial charge on any atom is -0.382 e. The number of aryl methyl sites for hydroxylation is 1. The number of hydrogen-bond acceptors (Lipinski definition) is 3. The van der Waals surface area contributed by atoms with Gasteiger partial charge in [0.05, 0.1) is 23.5 Å². The van der Waals surface area contributed by atoms with E-state index in [9.17, 15) is 5.11 Å². The average Bonchev–Trinajstić information content (AvgIpc) is 2.79. The Morgan fingerprint density at radius 2 is 2.14 bits per heavy atom. The molecule has 1 aromatic heterocycles. The van der Waals surface area contributed by atoms with Crippen molar-refractivity contribution >= 4 is 27.5 Å². The molecular formula is C15H19BrClN3O. The molecule has 0 aliphatic rings. The van der Waals surface area contributed by atoms with Gasteiger partial charge in [0.1, 0.15) is 6.10 Å². The molecule has 1 aromatic carbocycles. The van der Waals surface area contributed by atoms with Crippen molar-refractivity contribution in [3.05, 3.63) is 50.7 Å². The van der Waals surface area contributed by atoms with Crippen LogP contribution in [-0.2, 0) is 6.54 Å². The predicted molar refractivity (Wildman–Crippen MR) is 88.7 cm³/mol. The summed E-state index contributed by atoms with van der Waals surface area (Å²) < 4.78 is 2.62. The molecule has 0 aliphatic carbocycles. The fraction of sp³-hybridized carbons (Fsp3) is 0.400. The Balaban J connectivity index is 2.36. The maximum absolute atomic E-state index is 10.7. The van der Waals surface area contributed by atoms with Gasteiger partial charge in [-0.05, 0) is 27.1 Å². The van der Waals surface area contributed by atoms with Gasteiger partial charge in [0.15, 0.2) is 0 Å². The van der Waals surface area contributed by atoms with Gasteiger partial charge in [-0.25, -0.2) is 0 Å². The highest BCUT2D eigenvalue weighted by Crippen LogP contribution is 2.32. The maximum Gasteiger partial charge on any atom is 0.123 e. The fourth-order valence-corrected chi connectivity index (χ4v) is 2.84. The third-order valence-corrected chi connectivity index (χ3v) is 4.31. The molecule has 0 spiro atoms. The minimum atomic E-state index is -0.809. The molecule has 4 nitrogen and oxygen atoms in total. The zero-order chi connectivity index (χ0) is 15.6. The van der Waals surface area contributed by atoms with Crippen molar-refractivity contribution in [2.75, 3.05) is 20.6 Å². The molecule has 21 heavy (non-hydrogen) atoms. The standard InChI is InChI=1S/C15H19BrClN3O/c1-10-4-5-12(16)11(8-10)15(21)14-13(17)9-18-20(14)7-6-19(2)3/h4-5,8-9,15,21H,6-7H2,1-3H3. The van der Waals surface area contributed by atoms with E-state index in [1.165, 1.54) is 0 Å². The zero-order valence-electron chi connectivity index (χ0n) is 12.3. The summed E-state index contributed by atoms with van der Waals surface area (Å²) in [5.74, 6) is 0. The van der Waals surface area contributed by atoms with Crippen LogP contribution in [0, 0.1) is 6.92 Å². The van der Waals surface area contributed by atoms with Crippen LogP contribution in [0.3, 0.4) is 0 Å². The Kier molecular flexibility index (Phi) is 5.43. The number of hydrogen-bond donors (Lipinski definition) is 1. The lowest BCUT2D eigenvalue weighted by Gasteiger charge is -2.17. The second-order valence-electron chi connectivity index (χ2n) is 5.33. The van der Waals surface area contributed by atoms with Crippen molar-refractivity contribution in [3.63, 3.8) is 0 Å². The number of benzene rings is 1. The third kappa shape index (κ3) is 3.86. The van der Waals surface area contributed by atoms with Crippen molar-refractivity contribution in [1.82, 2.24) is 14.7 Å². The van der Waals surface area contributed by atoms with Gasteiger partial charge in [0.2, 0.25) is 0 Å². The zero-order valence-corrected chi connectivity index (χ0v) is 14.7. The summed E-state index contributed by atoms with van der Waals surface area (Å²) in [5, 5.41) is 15.5. The predicted octanol–water partition coefficient (Wildman–Crippen LogP) is 3.25.